The van der Waals surface area contributed by atoms with Crippen molar-refractivity contribution < 1.29 is 27.9 Å². The second-order valence-corrected chi connectivity index (χ2v) is 10.2. The highest BCUT2D eigenvalue weighted by atomic mass is 19.1. The highest BCUT2D eigenvalue weighted by molar-refractivity contribution is 5.99. The number of ketones is 1. The Hall–Kier alpha value is -2.45. The minimum Gasteiger partial charge on any atom is -0.379 e. The molecule has 1 unspecified atom stereocenters. The van der Waals surface area contributed by atoms with Gasteiger partial charge in [0.25, 0.3) is 0 Å². The summed E-state index contributed by atoms with van der Waals surface area (Å²) >= 11 is 0. The van der Waals surface area contributed by atoms with E-state index in [1.807, 2.05) is 24.3 Å². The molecular formula is C29H38FN2O4+. The quantitative estimate of drug-likeness (QED) is 0.443. The van der Waals surface area contributed by atoms with Crippen LogP contribution in [-0.2, 0) is 19.9 Å². The number of ether oxygens (including phenoxy) is 2. The number of Topliss-reactive ketones (excluding diaryl/α,β-unsaturated/α-hetero) is 1. The number of hydrogen-bond acceptors (Lipinski definition) is 5. The largest absolute Gasteiger partial charge is 0.379 e. The predicted molar refractivity (Wildman–Crippen MR) is 136 cm³/mol. The molecule has 2 aliphatic rings. The smallest absolute Gasteiger partial charge is 0.318 e. The molecule has 0 bridgehead atoms. The van der Waals surface area contributed by atoms with Gasteiger partial charge in [0, 0.05) is 32.7 Å². The fraction of sp³-hybridized carbons (Fsp3) is 0.517. The fourth-order valence-electron chi connectivity index (χ4n) is 6.21. The van der Waals surface area contributed by atoms with Crippen molar-refractivity contribution in [3.63, 3.8) is 0 Å². The second-order valence-electron chi connectivity index (χ2n) is 10.2. The number of amides is 1. The number of nitrogens with zero attached hydrogens (tertiary/aromatic N) is 1. The maximum atomic E-state index is 14.8. The highest BCUT2D eigenvalue weighted by Gasteiger charge is 2.58. The summed E-state index contributed by atoms with van der Waals surface area (Å²) in [6, 6.07) is 14.1. The third-order valence-electron chi connectivity index (χ3n) is 8.31. The Kier molecular flexibility index (Phi) is 8.35. The van der Waals surface area contributed by atoms with E-state index in [2.05, 4.69) is 5.32 Å². The van der Waals surface area contributed by atoms with Gasteiger partial charge in [-0.3, -0.25) is 9.28 Å². The van der Waals surface area contributed by atoms with E-state index in [1.54, 1.807) is 39.3 Å². The molecular weight excluding hydrogens is 459 g/mol. The van der Waals surface area contributed by atoms with Crippen LogP contribution in [0.3, 0.4) is 0 Å². The number of nitrogens with one attached hydrogen (secondary N) is 1. The molecule has 0 saturated carbocycles. The second kappa shape index (κ2) is 11.3. The Morgan fingerprint density at radius 1 is 1.14 bits per heavy atom. The number of methoxy groups -OCH3 is 2. The van der Waals surface area contributed by atoms with Gasteiger partial charge in [-0.15, -0.1) is 0 Å². The molecule has 0 spiro atoms. The molecule has 1 amide bonds. The number of likely N-dealkylation sites (tertiary alicyclic amines) is 1. The molecule has 6 nitrogen and oxygen atoms in total. The Balaban J connectivity index is 1.82. The van der Waals surface area contributed by atoms with Crippen LogP contribution in [0.15, 0.2) is 48.5 Å². The van der Waals surface area contributed by atoms with Crippen molar-refractivity contribution >= 4 is 11.7 Å². The van der Waals surface area contributed by atoms with Gasteiger partial charge >= 0.3 is 5.91 Å². The molecule has 2 aromatic rings. The first kappa shape index (κ1) is 26.6. The monoisotopic (exact) mass is 497 g/mol. The van der Waals surface area contributed by atoms with E-state index in [1.165, 1.54) is 6.07 Å². The first-order chi connectivity index (χ1) is 17.4. The van der Waals surface area contributed by atoms with Gasteiger partial charge in [-0.1, -0.05) is 42.5 Å². The van der Waals surface area contributed by atoms with Gasteiger partial charge in [-0.2, -0.15) is 0 Å². The lowest BCUT2D eigenvalue weighted by Crippen LogP contribution is -2.68. The zero-order valence-electron chi connectivity index (χ0n) is 21.6. The van der Waals surface area contributed by atoms with Crippen LogP contribution in [0.5, 0.6) is 0 Å². The highest BCUT2D eigenvalue weighted by Crippen LogP contribution is 2.46. The summed E-state index contributed by atoms with van der Waals surface area (Å²) in [5.41, 5.74) is 0.677. The van der Waals surface area contributed by atoms with Crippen molar-refractivity contribution in [2.45, 2.75) is 31.8 Å². The SMILES string of the molecule is COCC[N+]1(C(=O)[C@H]2CCCNC2)CC[C@](OC)(c2cccc(F)c2C)[C@H](C(=O)c2ccccc2)C1. The van der Waals surface area contributed by atoms with Crippen LogP contribution in [0.2, 0.25) is 0 Å². The summed E-state index contributed by atoms with van der Waals surface area (Å²) < 4.78 is 26.6. The molecule has 2 saturated heterocycles. The summed E-state index contributed by atoms with van der Waals surface area (Å²) in [5, 5.41) is 3.36. The van der Waals surface area contributed by atoms with Crippen LogP contribution in [0.25, 0.3) is 0 Å². The van der Waals surface area contributed by atoms with Crippen molar-refractivity contribution in [2.75, 3.05) is 53.6 Å². The Morgan fingerprint density at radius 3 is 2.58 bits per heavy atom. The molecule has 0 aliphatic carbocycles. The summed E-state index contributed by atoms with van der Waals surface area (Å²) in [6.45, 7) is 5.00. The van der Waals surface area contributed by atoms with E-state index in [4.69, 9.17) is 9.47 Å². The van der Waals surface area contributed by atoms with Crippen molar-refractivity contribution in [1.82, 2.24) is 5.32 Å². The number of carbonyl (C=O) groups is 2. The molecule has 2 heterocycles. The van der Waals surface area contributed by atoms with Crippen LogP contribution in [0.4, 0.5) is 4.39 Å². The molecule has 2 aromatic carbocycles. The third kappa shape index (κ3) is 4.90. The van der Waals surface area contributed by atoms with Crippen molar-refractivity contribution in [1.29, 1.82) is 0 Å². The first-order valence-corrected chi connectivity index (χ1v) is 12.9. The lowest BCUT2D eigenvalue weighted by atomic mass is 9.70. The lowest BCUT2D eigenvalue weighted by Gasteiger charge is -2.51. The molecule has 4 atom stereocenters. The van der Waals surface area contributed by atoms with E-state index < -0.39 is 11.5 Å². The number of benzene rings is 2. The number of rotatable bonds is 8. The molecule has 36 heavy (non-hydrogen) atoms. The number of carbonyl (C=O) groups excluding carboxylic acids is 2. The molecule has 0 radical (unpaired) electrons. The van der Waals surface area contributed by atoms with Crippen LogP contribution in [-0.4, -0.2) is 69.7 Å². The average molecular weight is 498 g/mol. The van der Waals surface area contributed by atoms with E-state index in [9.17, 15) is 14.0 Å². The van der Waals surface area contributed by atoms with Gasteiger partial charge in [0.05, 0.1) is 25.6 Å². The molecule has 194 valence electrons. The fourth-order valence-corrected chi connectivity index (χ4v) is 6.21. The van der Waals surface area contributed by atoms with E-state index in [0.717, 1.165) is 19.4 Å². The molecule has 1 N–H and O–H groups in total. The van der Waals surface area contributed by atoms with Gasteiger partial charge in [0.1, 0.15) is 23.9 Å². The predicted octanol–water partition coefficient (Wildman–Crippen LogP) is 3.87. The van der Waals surface area contributed by atoms with Gasteiger partial charge in [-0.25, -0.2) is 9.18 Å². The van der Waals surface area contributed by atoms with Crippen molar-refractivity contribution in [2.24, 2.45) is 11.8 Å². The van der Waals surface area contributed by atoms with Gasteiger partial charge in [-0.05, 0) is 43.5 Å². The van der Waals surface area contributed by atoms with Gasteiger partial charge in [0.2, 0.25) is 0 Å². The van der Waals surface area contributed by atoms with Crippen molar-refractivity contribution in [3.05, 3.63) is 71.0 Å². The molecule has 4 rings (SSSR count). The molecule has 2 aliphatic heterocycles. The Labute approximate surface area is 213 Å². The maximum Gasteiger partial charge on any atom is 0.318 e. The minimum atomic E-state index is -1.04. The molecule has 0 aromatic heterocycles. The summed E-state index contributed by atoms with van der Waals surface area (Å²) in [7, 11) is 3.23. The minimum absolute atomic E-state index is 0.0877. The Bertz CT molecular complexity index is 1070. The number of halogens is 1. The topological polar surface area (TPSA) is 64.6 Å². The van der Waals surface area contributed by atoms with Gasteiger partial charge in [0.15, 0.2) is 5.78 Å². The maximum absolute atomic E-state index is 14.8. The molecule has 2 fully saturated rings. The first-order valence-electron chi connectivity index (χ1n) is 12.9. The lowest BCUT2D eigenvalue weighted by molar-refractivity contribution is -0.868. The Morgan fingerprint density at radius 2 is 1.92 bits per heavy atom. The van der Waals surface area contributed by atoms with Crippen LogP contribution >= 0.6 is 0 Å². The van der Waals surface area contributed by atoms with E-state index in [0.29, 0.717) is 49.4 Å². The van der Waals surface area contributed by atoms with Crippen molar-refractivity contribution in [3.8, 4) is 0 Å². The number of hydrogen-bond donors (Lipinski definition) is 1. The summed E-state index contributed by atoms with van der Waals surface area (Å²) in [6.07, 6.45) is 2.22. The summed E-state index contributed by atoms with van der Waals surface area (Å²) in [5.74, 6) is -1.03. The normalized spacial score (nSPS) is 28.6. The zero-order chi connectivity index (χ0) is 25.8. The van der Waals surface area contributed by atoms with E-state index in [-0.39, 0.29) is 34.5 Å². The third-order valence-corrected chi connectivity index (χ3v) is 8.31. The average Bonchev–Trinajstić information content (AvgIpc) is 2.93. The number of piperidine rings is 2. The zero-order valence-corrected chi connectivity index (χ0v) is 21.6. The van der Waals surface area contributed by atoms with Crippen LogP contribution in [0, 0.1) is 24.6 Å². The van der Waals surface area contributed by atoms with Crippen LogP contribution in [0.1, 0.15) is 40.7 Å². The van der Waals surface area contributed by atoms with E-state index >= 15 is 0 Å². The number of quaternary nitrogens is 1. The van der Waals surface area contributed by atoms with Crippen LogP contribution < -0.4 is 5.32 Å². The molecule has 7 heteroatoms. The summed E-state index contributed by atoms with van der Waals surface area (Å²) in [4.78, 5) is 28.3. The van der Waals surface area contributed by atoms with Gasteiger partial charge < -0.3 is 14.8 Å². The standard InChI is InChI=1S/C29H38FN2O4/c1-21-24(12-7-13-26(21)30)29(36-3)14-16-32(17-18-35-2,28(34)23-11-8-15-31-19-23)20-25(29)27(33)22-9-5-4-6-10-22/h4-7,9-10,12-13,23,25,31H,8,11,14-20H2,1-3H3/q+1/t23-,25-,29-,32?/m0/s1.